The van der Waals surface area contributed by atoms with Gasteiger partial charge in [-0.25, -0.2) is 4.72 Å². The van der Waals surface area contributed by atoms with Gasteiger partial charge in [0.25, 0.3) is 0 Å². The summed E-state index contributed by atoms with van der Waals surface area (Å²) in [7, 11) is -5.58. The van der Waals surface area contributed by atoms with Crippen molar-refractivity contribution < 1.29 is 26.4 Å². The van der Waals surface area contributed by atoms with E-state index in [1.54, 1.807) is 0 Å². The maximum Gasteiger partial charge on any atom is 0.516 e. The number of halogens is 3. The third kappa shape index (κ3) is 2.21. The molecule has 4 fully saturated rings. The summed E-state index contributed by atoms with van der Waals surface area (Å²) in [5, 5.41) is 0. The number of alkyl halides is 3. The van der Waals surface area contributed by atoms with E-state index in [1.807, 2.05) is 0 Å². The Morgan fingerprint density at radius 2 is 1.40 bits per heavy atom. The van der Waals surface area contributed by atoms with Crippen LogP contribution in [0.1, 0.15) is 32.1 Å². The van der Waals surface area contributed by atoms with Gasteiger partial charge in [0.1, 0.15) is 0 Å². The lowest BCUT2D eigenvalue weighted by Crippen LogP contribution is -2.53. The molecule has 0 radical (unpaired) electrons. The largest absolute Gasteiger partial charge is 0.516 e. The van der Waals surface area contributed by atoms with Gasteiger partial charge < -0.3 is 0 Å². The van der Waals surface area contributed by atoms with Gasteiger partial charge in [0, 0.05) is 5.92 Å². The Morgan fingerprint density at radius 3 is 1.80 bits per heavy atom. The van der Waals surface area contributed by atoms with Crippen molar-refractivity contribution in [1.29, 1.82) is 0 Å². The van der Waals surface area contributed by atoms with Crippen LogP contribution in [0.25, 0.3) is 0 Å². The molecule has 4 aliphatic carbocycles. The molecule has 4 rings (SSSR count). The number of sulfonamides is 1. The normalized spacial score (nSPS) is 39.9. The predicted octanol–water partition coefficient (Wildman–Crippen LogP) is 2.02. The van der Waals surface area contributed by atoms with Crippen molar-refractivity contribution in [2.45, 2.75) is 37.6 Å². The molecule has 114 valence electrons. The Balaban J connectivity index is 1.76. The van der Waals surface area contributed by atoms with Crippen LogP contribution in [-0.2, 0) is 14.8 Å². The van der Waals surface area contributed by atoms with Gasteiger partial charge in [0.2, 0.25) is 5.91 Å². The molecule has 0 aromatic heterocycles. The van der Waals surface area contributed by atoms with E-state index in [9.17, 15) is 26.4 Å². The molecule has 1 amide bonds. The van der Waals surface area contributed by atoms with Crippen LogP contribution >= 0.6 is 0 Å². The summed E-state index contributed by atoms with van der Waals surface area (Å²) in [5.74, 6) is -0.290. The zero-order chi connectivity index (χ0) is 14.7. The molecule has 0 unspecified atom stereocenters. The number of carbonyl (C=O) groups excluding carboxylic acids is 1. The van der Waals surface area contributed by atoms with E-state index in [-0.39, 0.29) is 11.8 Å². The molecule has 0 heterocycles. The fourth-order valence-electron chi connectivity index (χ4n) is 4.61. The molecule has 0 aromatic rings. The number of hydrogen-bond acceptors (Lipinski definition) is 3. The highest BCUT2D eigenvalue weighted by Crippen LogP contribution is 2.56. The molecule has 4 bridgehead atoms. The fraction of sp³-hybridized carbons (Fsp3) is 0.917. The molecule has 0 atom stereocenters. The highest BCUT2D eigenvalue weighted by Gasteiger charge is 2.53. The molecule has 4 nitrogen and oxygen atoms in total. The minimum atomic E-state index is -5.58. The van der Waals surface area contributed by atoms with E-state index >= 15 is 0 Å². The van der Waals surface area contributed by atoms with Gasteiger partial charge in [0.15, 0.2) is 0 Å². The molecule has 0 aliphatic heterocycles. The number of rotatable bonds is 2. The maximum absolute atomic E-state index is 12.3. The van der Waals surface area contributed by atoms with Crippen LogP contribution in [0.3, 0.4) is 0 Å². The molecule has 0 spiro atoms. The van der Waals surface area contributed by atoms with Crippen LogP contribution in [0.2, 0.25) is 0 Å². The van der Waals surface area contributed by atoms with Crippen molar-refractivity contribution in [2.24, 2.45) is 29.6 Å². The van der Waals surface area contributed by atoms with E-state index < -0.39 is 27.4 Å². The summed E-state index contributed by atoms with van der Waals surface area (Å²) in [4.78, 5) is 12.0. The molecule has 0 aromatic carbocycles. The first kappa shape index (κ1) is 14.2. The standard InChI is InChI=1S/C12H16F3NO3S/c13-12(14,15)20(18,19)16-11(17)10-8-2-6-1-7(4-8)5-9(10)3-6/h6-10H,1-5H2,(H,16,17). The fourth-order valence-corrected chi connectivity index (χ4v) is 5.13. The lowest BCUT2D eigenvalue weighted by molar-refractivity contribution is -0.136. The van der Waals surface area contributed by atoms with Crippen molar-refractivity contribution in [3.63, 3.8) is 0 Å². The van der Waals surface area contributed by atoms with Gasteiger partial charge in [-0.3, -0.25) is 4.79 Å². The Kier molecular flexibility index (Phi) is 3.08. The number of hydrogen-bond donors (Lipinski definition) is 1. The Morgan fingerprint density at radius 1 is 0.950 bits per heavy atom. The molecule has 1 N–H and O–H groups in total. The summed E-state index contributed by atoms with van der Waals surface area (Å²) >= 11 is 0. The number of carbonyl (C=O) groups is 1. The summed E-state index contributed by atoms with van der Waals surface area (Å²) in [6.07, 6.45) is 4.53. The van der Waals surface area contributed by atoms with Gasteiger partial charge in [-0.1, -0.05) is 0 Å². The number of nitrogens with one attached hydrogen (secondary N) is 1. The highest BCUT2D eigenvalue weighted by atomic mass is 32.2. The molecular weight excluding hydrogens is 295 g/mol. The van der Waals surface area contributed by atoms with Gasteiger partial charge >= 0.3 is 15.5 Å². The van der Waals surface area contributed by atoms with Crippen molar-refractivity contribution >= 4 is 15.9 Å². The van der Waals surface area contributed by atoms with Crippen molar-refractivity contribution in [3.05, 3.63) is 0 Å². The lowest BCUT2D eigenvalue weighted by atomic mass is 9.52. The van der Waals surface area contributed by atoms with Crippen LogP contribution in [-0.4, -0.2) is 19.8 Å². The number of amides is 1. The van der Waals surface area contributed by atoms with Crippen molar-refractivity contribution in [2.75, 3.05) is 0 Å². The summed E-state index contributed by atoms with van der Waals surface area (Å²) in [6, 6.07) is 0. The molecule has 0 saturated heterocycles. The molecule has 4 aliphatic rings. The lowest BCUT2D eigenvalue weighted by Gasteiger charge is -2.53. The van der Waals surface area contributed by atoms with Gasteiger partial charge in [-0.2, -0.15) is 21.6 Å². The molecule has 4 saturated carbocycles. The van der Waals surface area contributed by atoms with E-state index in [2.05, 4.69) is 0 Å². The molecule has 20 heavy (non-hydrogen) atoms. The zero-order valence-electron chi connectivity index (χ0n) is 10.7. The average Bonchev–Trinajstić information content (AvgIpc) is 2.24. The Labute approximate surface area is 115 Å². The summed E-state index contributed by atoms with van der Waals surface area (Å²) in [6.45, 7) is 0. The average molecular weight is 311 g/mol. The van der Waals surface area contributed by atoms with E-state index in [4.69, 9.17) is 0 Å². The zero-order valence-corrected chi connectivity index (χ0v) is 11.5. The SMILES string of the molecule is O=C(NS(=O)(=O)C(F)(F)F)C1C2CC3CC(C2)CC1C3. The van der Waals surface area contributed by atoms with Crippen LogP contribution in [0.15, 0.2) is 0 Å². The first-order valence-corrected chi connectivity index (χ1v) is 8.28. The molecule has 8 heteroatoms. The third-order valence-corrected chi connectivity index (χ3v) is 6.15. The van der Waals surface area contributed by atoms with E-state index in [1.165, 1.54) is 4.72 Å². The summed E-state index contributed by atoms with van der Waals surface area (Å²) in [5.41, 5.74) is -5.44. The van der Waals surface area contributed by atoms with Crippen LogP contribution in [0.4, 0.5) is 13.2 Å². The smallest absolute Gasteiger partial charge is 0.274 e. The Hall–Kier alpha value is -0.790. The van der Waals surface area contributed by atoms with E-state index in [0.717, 1.165) is 32.1 Å². The topological polar surface area (TPSA) is 63.2 Å². The maximum atomic E-state index is 12.3. The second kappa shape index (κ2) is 4.35. The second-order valence-corrected chi connectivity index (χ2v) is 8.05. The van der Waals surface area contributed by atoms with Crippen LogP contribution in [0.5, 0.6) is 0 Å². The van der Waals surface area contributed by atoms with Gasteiger partial charge in [-0.05, 0) is 55.8 Å². The van der Waals surface area contributed by atoms with Gasteiger partial charge in [-0.15, -0.1) is 0 Å². The van der Waals surface area contributed by atoms with Crippen LogP contribution < -0.4 is 4.72 Å². The van der Waals surface area contributed by atoms with Crippen LogP contribution in [0, 0.1) is 29.6 Å². The molecular formula is C12H16F3NO3S. The first-order chi connectivity index (χ1) is 9.17. The Bertz CT molecular complexity index is 501. The van der Waals surface area contributed by atoms with Crippen molar-refractivity contribution in [3.8, 4) is 0 Å². The van der Waals surface area contributed by atoms with Gasteiger partial charge in [0.05, 0.1) is 0 Å². The first-order valence-electron chi connectivity index (χ1n) is 6.80. The third-order valence-electron chi connectivity index (χ3n) is 5.07. The van der Waals surface area contributed by atoms with E-state index in [0.29, 0.717) is 11.8 Å². The van der Waals surface area contributed by atoms with Crippen molar-refractivity contribution in [1.82, 2.24) is 4.72 Å². The monoisotopic (exact) mass is 311 g/mol. The minimum Gasteiger partial charge on any atom is -0.274 e. The second-order valence-electron chi connectivity index (χ2n) is 6.37. The minimum absolute atomic E-state index is 0.0506. The summed E-state index contributed by atoms with van der Waals surface area (Å²) < 4.78 is 60.3. The highest BCUT2D eigenvalue weighted by molar-refractivity contribution is 7.90. The quantitative estimate of drug-likeness (QED) is 0.848. The predicted molar refractivity (Wildman–Crippen MR) is 63.7 cm³/mol.